The number of nitrogens with zero attached hydrogens (tertiary/aromatic N) is 4. The number of carbonyl (C=O) groups is 1. The second kappa shape index (κ2) is 9.19. The fraction of sp³-hybridized carbons (Fsp3) is 0.368. The monoisotopic (exact) mass is 417 g/mol. The van der Waals surface area contributed by atoms with Gasteiger partial charge < -0.3 is 15.0 Å². The number of morpholine rings is 1. The molecule has 0 saturated carbocycles. The zero-order valence-corrected chi connectivity index (χ0v) is 16.9. The number of nitrogens with one attached hydrogen (secondary N) is 1. The molecule has 1 aliphatic heterocycles. The lowest BCUT2D eigenvalue weighted by molar-refractivity contribution is -0.115. The normalized spacial score (nSPS) is 14.9. The first-order valence-corrected chi connectivity index (χ1v) is 11.2. The summed E-state index contributed by atoms with van der Waals surface area (Å²) in [6.45, 7) is 2.60. The van der Waals surface area contributed by atoms with Crippen LogP contribution < -0.4 is 10.2 Å². The molecule has 1 aromatic heterocycles. The van der Waals surface area contributed by atoms with E-state index in [1.54, 1.807) is 36.4 Å². The molecular weight excluding hydrogens is 394 g/mol. The van der Waals surface area contributed by atoms with Crippen molar-refractivity contribution in [2.45, 2.75) is 12.2 Å². The Kier molecular flexibility index (Phi) is 6.66. The minimum atomic E-state index is -2.76. The number of hydrogen-bond donors (Lipinski definition) is 3. The van der Waals surface area contributed by atoms with E-state index in [0.717, 1.165) is 5.56 Å². The Balaban J connectivity index is 1.89. The van der Waals surface area contributed by atoms with Gasteiger partial charge in [0.05, 0.1) is 30.7 Å². The lowest BCUT2D eigenvalue weighted by Gasteiger charge is -2.30. The van der Waals surface area contributed by atoms with Crippen LogP contribution in [0.4, 0.5) is 11.5 Å². The van der Waals surface area contributed by atoms with Gasteiger partial charge in [-0.15, -0.1) is 0 Å². The molecule has 9 nitrogen and oxygen atoms in total. The van der Waals surface area contributed by atoms with E-state index in [1.807, 2.05) is 0 Å². The van der Waals surface area contributed by atoms with Crippen LogP contribution in [0.5, 0.6) is 0 Å². The fourth-order valence-corrected chi connectivity index (χ4v) is 3.61. The molecule has 3 rings (SSSR count). The molecular formula is C19H23N5O4S. The van der Waals surface area contributed by atoms with Gasteiger partial charge in [-0.3, -0.25) is 13.9 Å². The summed E-state index contributed by atoms with van der Waals surface area (Å²) in [6, 6.07) is 10.5. The van der Waals surface area contributed by atoms with Crippen molar-refractivity contribution in [2.75, 3.05) is 42.8 Å². The first-order valence-electron chi connectivity index (χ1n) is 9.03. The lowest BCUT2D eigenvalue weighted by Crippen LogP contribution is -2.37. The fourth-order valence-electron chi connectivity index (χ4n) is 2.90. The van der Waals surface area contributed by atoms with Crippen LogP contribution in [-0.2, 0) is 15.3 Å². The molecule has 0 radical (unpaired) electrons. The van der Waals surface area contributed by atoms with E-state index in [9.17, 15) is 13.9 Å². The van der Waals surface area contributed by atoms with Crippen molar-refractivity contribution in [1.82, 2.24) is 9.97 Å². The highest BCUT2D eigenvalue weighted by atomic mass is 32.3. The van der Waals surface area contributed by atoms with E-state index < -0.39 is 10.6 Å². The largest absolute Gasteiger partial charge is 0.378 e. The number of hydrogen-bond acceptors (Lipinski definition) is 8. The standard InChI is InChI=1S/C19H23N5O4S/c1-29(26,27)13-16-12-17(24-8-10-28-11-9-24)23-19(22-16)14-2-4-15(5-3-14)21-18(25)6-7-20/h2-5,12,26-27H,6,8-11,13H2,1H3,(H,21,25). The third-order valence-corrected chi connectivity index (χ3v) is 5.03. The van der Waals surface area contributed by atoms with Gasteiger partial charge >= 0.3 is 0 Å². The maximum atomic E-state index is 11.5. The van der Waals surface area contributed by atoms with E-state index >= 15 is 0 Å². The van der Waals surface area contributed by atoms with Crippen LogP contribution in [0, 0.1) is 11.3 Å². The third kappa shape index (κ3) is 6.13. The van der Waals surface area contributed by atoms with Gasteiger partial charge in [0.15, 0.2) is 5.82 Å². The number of aromatic nitrogens is 2. The van der Waals surface area contributed by atoms with Crippen molar-refractivity contribution in [3.05, 3.63) is 36.0 Å². The summed E-state index contributed by atoms with van der Waals surface area (Å²) in [4.78, 5) is 22.8. The predicted octanol–water partition coefficient (Wildman–Crippen LogP) is 2.71. The van der Waals surface area contributed by atoms with Crippen molar-refractivity contribution in [3.8, 4) is 17.5 Å². The average molecular weight is 417 g/mol. The number of amides is 1. The average Bonchev–Trinajstić information content (AvgIpc) is 2.68. The summed E-state index contributed by atoms with van der Waals surface area (Å²) in [5.41, 5.74) is 1.85. The Bertz CT molecular complexity index is 902. The molecule has 154 valence electrons. The van der Waals surface area contributed by atoms with Gasteiger partial charge in [0.2, 0.25) is 5.91 Å². The molecule has 1 saturated heterocycles. The van der Waals surface area contributed by atoms with Crippen LogP contribution in [0.2, 0.25) is 0 Å². The molecule has 1 aliphatic rings. The number of benzene rings is 1. The Labute approximate surface area is 170 Å². The SMILES string of the molecule is CS(O)(O)Cc1cc(N2CCOCC2)nc(-c2ccc(NC(=O)CC#N)cc2)n1. The highest BCUT2D eigenvalue weighted by Gasteiger charge is 2.18. The number of carbonyl (C=O) groups excluding carboxylic acids is 1. The van der Waals surface area contributed by atoms with Crippen molar-refractivity contribution >= 4 is 28.0 Å². The molecule has 1 aromatic carbocycles. The molecule has 0 unspecified atom stereocenters. The summed E-state index contributed by atoms with van der Waals surface area (Å²) in [5.74, 6) is 0.842. The van der Waals surface area contributed by atoms with Crippen LogP contribution in [0.1, 0.15) is 12.1 Å². The molecule has 2 aromatic rings. The number of ether oxygens (including phenoxy) is 1. The van der Waals surface area contributed by atoms with Gasteiger partial charge in [0.1, 0.15) is 12.2 Å². The second-order valence-electron chi connectivity index (χ2n) is 6.74. The second-order valence-corrected chi connectivity index (χ2v) is 9.01. The highest BCUT2D eigenvalue weighted by molar-refractivity contribution is 8.23. The summed E-state index contributed by atoms with van der Waals surface area (Å²) in [7, 11) is -2.76. The van der Waals surface area contributed by atoms with Crippen molar-refractivity contribution in [3.63, 3.8) is 0 Å². The van der Waals surface area contributed by atoms with E-state index in [2.05, 4.69) is 20.2 Å². The smallest absolute Gasteiger partial charge is 0.238 e. The van der Waals surface area contributed by atoms with Gasteiger partial charge in [0.25, 0.3) is 0 Å². The molecule has 2 heterocycles. The maximum absolute atomic E-state index is 11.5. The Morgan fingerprint density at radius 1 is 1.28 bits per heavy atom. The molecule has 1 amide bonds. The highest BCUT2D eigenvalue weighted by Crippen LogP contribution is 2.38. The Morgan fingerprint density at radius 3 is 2.59 bits per heavy atom. The first-order chi connectivity index (χ1) is 13.8. The topological polar surface area (TPSA) is 132 Å². The van der Waals surface area contributed by atoms with Gasteiger partial charge in [-0.1, -0.05) is 0 Å². The molecule has 0 bridgehead atoms. The van der Waals surface area contributed by atoms with Crippen molar-refractivity contribution in [1.29, 1.82) is 5.26 Å². The van der Waals surface area contributed by atoms with E-state index in [4.69, 9.17) is 10.00 Å². The van der Waals surface area contributed by atoms with Gasteiger partial charge in [-0.25, -0.2) is 9.97 Å². The molecule has 0 atom stereocenters. The van der Waals surface area contributed by atoms with Crippen LogP contribution >= 0.6 is 10.6 Å². The predicted molar refractivity (Wildman–Crippen MR) is 112 cm³/mol. The Morgan fingerprint density at radius 2 is 1.97 bits per heavy atom. The number of rotatable bonds is 6. The molecule has 0 aliphatic carbocycles. The number of nitriles is 1. The van der Waals surface area contributed by atoms with Crippen LogP contribution in [0.25, 0.3) is 11.4 Å². The number of anilines is 2. The quantitative estimate of drug-likeness (QED) is 0.654. The van der Waals surface area contributed by atoms with Gasteiger partial charge in [0, 0.05) is 36.7 Å². The molecule has 29 heavy (non-hydrogen) atoms. The molecule has 0 spiro atoms. The summed E-state index contributed by atoms with van der Waals surface area (Å²) in [5, 5.41) is 11.2. The summed E-state index contributed by atoms with van der Waals surface area (Å²) < 4.78 is 25.2. The minimum Gasteiger partial charge on any atom is -0.378 e. The van der Waals surface area contributed by atoms with Crippen LogP contribution in [0.15, 0.2) is 30.3 Å². The third-order valence-electron chi connectivity index (χ3n) is 4.19. The zero-order chi connectivity index (χ0) is 20.9. The maximum Gasteiger partial charge on any atom is 0.238 e. The summed E-state index contributed by atoms with van der Waals surface area (Å²) >= 11 is 0. The van der Waals surface area contributed by atoms with E-state index in [0.29, 0.717) is 49.3 Å². The molecule has 3 N–H and O–H groups in total. The van der Waals surface area contributed by atoms with E-state index in [1.165, 1.54) is 6.26 Å². The van der Waals surface area contributed by atoms with Crippen molar-refractivity contribution in [2.24, 2.45) is 0 Å². The lowest BCUT2D eigenvalue weighted by atomic mass is 10.2. The van der Waals surface area contributed by atoms with Gasteiger partial charge in [-0.2, -0.15) is 15.9 Å². The van der Waals surface area contributed by atoms with Gasteiger partial charge in [-0.05, 0) is 24.3 Å². The Hall–Kier alpha value is -2.71. The first kappa shape index (κ1) is 21.0. The van der Waals surface area contributed by atoms with Crippen LogP contribution in [-0.4, -0.2) is 57.5 Å². The summed E-state index contributed by atoms with van der Waals surface area (Å²) in [6.07, 6.45) is 1.18. The van der Waals surface area contributed by atoms with Crippen LogP contribution in [0.3, 0.4) is 0 Å². The molecule has 10 heteroatoms. The minimum absolute atomic E-state index is 0.0438. The van der Waals surface area contributed by atoms with E-state index in [-0.39, 0.29) is 18.1 Å². The zero-order valence-electron chi connectivity index (χ0n) is 16.0. The van der Waals surface area contributed by atoms with Crippen molar-refractivity contribution < 1.29 is 18.6 Å². The molecule has 1 fully saturated rings.